The van der Waals surface area contributed by atoms with Gasteiger partial charge in [0.2, 0.25) is 6.23 Å². The second kappa shape index (κ2) is 9.55. The van der Waals surface area contributed by atoms with Crippen LogP contribution < -0.4 is 14.2 Å². The molecule has 5 rings (SSSR count). The number of halogens is 1. The van der Waals surface area contributed by atoms with Gasteiger partial charge in [-0.3, -0.25) is 0 Å². The van der Waals surface area contributed by atoms with Crippen molar-refractivity contribution in [2.75, 3.05) is 6.61 Å². The van der Waals surface area contributed by atoms with Crippen molar-refractivity contribution in [3.8, 4) is 17.2 Å². The van der Waals surface area contributed by atoms with Crippen LogP contribution in [0.4, 0.5) is 0 Å². The normalized spacial score (nSPS) is 18.6. The van der Waals surface area contributed by atoms with Gasteiger partial charge in [0.05, 0.1) is 17.9 Å². The molecule has 0 fully saturated rings. The van der Waals surface area contributed by atoms with Gasteiger partial charge in [0.25, 0.3) is 0 Å². The number of hydrazone groups is 1. The predicted octanol–water partition coefficient (Wildman–Crippen LogP) is 7.04. The van der Waals surface area contributed by atoms with Crippen LogP contribution in [0, 0.1) is 0 Å². The van der Waals surface area contributed by atoms with E-state index in [1.165, 1.54) is 0 Å². The fourth-order valence-electron chi connectivity index (χ4n) is 4.33. The quantitative estimate of drug-likeness (QED) is 0.314. The van der Waals surface area contributed by atoms with E-state index in [9.17, 15) is 0 Å². The average molecular weight is 519 g/mol. The van der Waals surface area contributed by atoms with Crippen molar-refractivity contribution in [1.82, 2.24) is 5.01 Å². The number of ether oxygens (including phenoxy) is 3. The molecule has 34 heavy (non-hydrogen) atoms. The van der Waals surface area contributed by atoms with Gasteiger partial charge in [0, 0.05) is 22.0 Å². The molecule has 0 saturated heterocycles. The van der Waals surface area contributed by atoms with E-state index in [0.717, 1.165) is 50.5 Å². The Labute approximate surface area is 208 Å². The van der Waals surface area contributed by atoms with Crippen molar-refractivity contribution in [1.29, 1.82) is 0 Å². The van der Waals surface area contributed by atoms with Crippen LogP contribution in [0.5, 0.6) is 17.2 Å². The van der Waals surface area contributed by atoms with Gasteiger partial charge in [0.15, 0.2) is 0 Å². The maximum atomic E-state index is 6.48. The number of hydrogen-bond donors (Lipinski definition) is 0. The summed E-state index contributed by atoms with van der Waals surface area (Å²) in [7, 11) is 0. The number of nitrogens with zero attached hydrogens (tertiary/aromatic N) is 2. The van der Waals surface area contributed by atoms with Crippen LogP contribution in [-0.4, -0.2) is 23.4 Å². The highest BCUT2D eigenvalue weighted by molar-refractivity contribution is 9.10. The first-order chi connectivity index (χ1) is 16.5. The molecule has 0 bridgehead atoms. The molecular formula is C28H27BrN2O3. The Bertz CT molecular complexity index is 1210. The van der Waals surface area contributed by atoms with E-state index >= 15 is 0 Å². The number of hydrogen-bond acceptors (Lipinski definition) is 5. The van der Waals surface area contributed by atoms with Crippen molar-refractivity contribution in [2.45, 2.75) is 38.6 Å². The van der Waals surface area contributed by atoms with Crippen molar-refractivity contribution in [3.05, 3.63) is 101 Å². The molecule has 2 atom stereocenters. The lowest BCUT2D eigenvalue weighted by Gasteiger charge is -2.38. The van der Waals surface area contributed by atoms with Crippen molar-refractivity contribution >= 4 is 21.6 Å². The van der Waals surface area contributed by atoms with Gasteiger partial charge in [0.1, 0.15) is 23.9 Å². The molecule has 2 aliphatic rings. The van der Waals surface area contributed by atoms with Crippen LogP contribution in [-0.2, 0) is 0 Å². The Hall–Kier alpha value is -3.25. The molecule has 5 nitrogen and oxygen atoms in total. The summed E-state index contributed by atoms with van der Waals surface area (Å²) in [6.45, 7) is 8.24. The van der Waals surface area contributed by atoms with Crippen LogP contribution in [0.3, 0.4) is 0 Å². The molecule has 3 aromatic carbocycles. The van der Waals surface area contributed by atoms with E-state index in [1.54, 1.807) is 6.08 Å². The van der Waals surface area contributed by atoms with Crippen molar-refractivity contribution in [3.63, 3.8) is 0 Å². The van der Waals surface area contributed by atoms with Gasteiger partial charge in [-0.15, -0.1) is 0 Å². The molecule has 3 aromatic rings. The zero-order chi connectivity index (χ0) is 23.7. The van der Waals surface area contributed by atoms with E-state index < -0.39 is 0 Å². The summed E-state index contributed by atoms with van der Waals surface area (Å²) in [4.78, 5) is 0. The van der Waals surface area contributed by atoms with Crippen LogP contribution in [0.25, 0.3) is 0 Å². The van der Waals surface area contributed by atoms with Crippen LogP contribution in [0.2, 0.25) is 0 Å². The van der Waals surface area contributed by atoms with E-state index in [-0.39, 0.29) is 18.4 Å². The summed E-state index contributed by atoms with van der Waals surface area (Å²) in [5.74, 6) is 2.56. The molecule has 0 saturated carbocycles. The molecule has 174 valence electrons. The molecule has 2 heterocycles. The van der Waals surface area contributed by atoms with Gasteiger partial charge in [-0.25, -0.2) is 5.01 Å². The second-order valence-corrected chi connectivity index (χ2v) is 9.57. The van der Waals surface area contributed by atoms with Gasteiger partial charge in [-0.1, -0.05) is 28.6 Å². The lowest BCUT2D eigenvalue weighted by molar-refractivity contribution is -0.0191. The van der Waals surface area contributed by atoms with Crippen LogP contribution in [0.15, 0.2) is 89.0 Å². The Morgan fingerprint density at radius 1 is 1.09 bits per heavy atom. The second-order valence-electron chi connectivity index (χ2n) is 8.66. The Kier molecular flexibility index (Phi) is 6.33. The summed E-state index contributed by atoms with van der Waals surface area (Å²) in [6.07, 6.45) is 2.35. The Morgan fingerprint density at radius 2 is 1.82 bits per heavy atom. The van der Waals surface area contributed by atoms with E-state index in [1.807, 2.05) is 50.2 Å². The minimum Gasteiger partial charge on any atom is -0.491 e. The SMILES string of the molecule is C=CCOc1ccc(C2=NN3[C@@H](C2)c2cc(Br)ccc2O[C@H]3c2ccc(OC(C)C)cc2)cc1. The lowest BCUT2D eigenvalue weighted by atomic mass is 9.96. The first-order valence-electron chi connectivity index (χ1n) is 11.4. The first-order valence-corrected chi connectivity index (χ1v) is 12.2. The minimum absolute atomic E-state index is 0.0875. The van der Waals surface area contributed by atoms with Gasteiger partial charge >= 0.3 is 0 Å². The largest absolute Gasteiger partial charge is 0.491 e. The summed E-state index contributed by atoms with van der Waals surface area (Å²) in [6, 6.07) is 22.4. The predicted molar refractivity (Wildman–Crippen MR) is 138 cm³/mol. The summed E-state index contributed by atoms with van der Waals surface area (Å²) in [5, 5.41) is 7.14. The zero-order valence-corrected chi connectivity index (χ0v) is 20.9. The summed E-state index contributed by atoms with van der Waals surface area (Å²) >= 11 is 3.62. The number of fused-ring (bicyclic) bond motifs is 3. The van der Waals surface area contributed by atoms with Crippen LogP contribution in [0.1, 0.15) is 49.2 Å². The molecule has 0 amide bonds. The zero-order valence-electron chi connectivity index (χ0n) is 19.3. The van der Waals surface area contributed by atoms with Gasteiger partial charge < -0.3 is 14.2 Å². The molecule has 0 radical (unpaired) electrons. The third-order valence-electron chi connectivity index (χ3n) is 5.84. The molecular weight excluding hydrogens is 492 g/mol. The standard InChI is InChI=1S/C28H27BrN2O3/c1-4-15-32-22-10-5-19(6-11-22)25-17-26-24-16-21(29)9-14-27(24)34-28(31(26)30-25)20-7-12-23(13-8-20)33-18(2)3/h4-14,16,18,26,28H,1,15,17H2,2-3H3/t26-,28-/m0/s1. The third kappa shape index (κ3) is 4.55. The molecule has 6 heteroatoms. The molecule has 0 unspecified atom stereocenters. The molecule has 0 spiro atoms. The fourth-order valence-corrected chi connectivity index (χ4v) is 4.71. The number of benzene rings is 3. The average Bonchev–Trinajstić information content (AvgIpc) is 3.29. The topological polar surface area (TPSA) is 43.3 Å². The minimum atomic E-state index is -0.320. The van der Waals surface area contributed by atoms with Crippen LogP contribution >= 0.6 is 15.9 Å². The fraction of sp³-hybridized carbons (Fsp3) is 0.250. The summed E-state index contributed by atoms with van der Waals surface area (Å²) < 4.78 is 19.0. The first kappa shape index (κ1) is 22.5. The monoisotopic (exact) mass is 518 g/mol. The molecule has 0 aromatic heterocycles. The summed E-state index contributed by atoms with van der Waals surface area (Å²) in [5.41, 5.74) is 4.28. The van der Waals surface area contributed by atoms with Gasteiger partial charge in [-0.05, 0) is 86.1 Å². The smallest absolute Gasteiger partial charge is 0.213 e. The van der Waals surface area contributed by atoms with E-state index in [2.05, 4.69) is 57.8 Å². The Morgan fingerprint density at radius 3 is 2.53 bits per heavy atom. The highest BCUT2D eigenvalue weighted by Gasteiger charge is 2.41. The molecule has 2 aliphatic heterocycles. The molecule has 0 N–H and O–H groups in total. The van der Waals surface area contributed by atoms with E-state index in [0.29, 0.717) is 6.61 Å². The maximum Gasteiger partial charge on any atom is 0.213 e. The highest BCUT2D eigenvalue weighted by atomic mass is 79.9. The third-order valence-corrected chi connectivity index (χ3v) is 6.34. The van der Waals surface area contributed by atoms with E-state index in [4.69, 9.17) is 19.3 Å². The van der Waals surface area contributed by atoms with Gasteiger partial charge in [-0.2, -0.15) is 5.10 Å². The lowest BCUT2D eigenvalue weighted by Crippen LogP contribution is -2.33. The van der Waals surface area contributed by atoms with Crippen molar-refractivity contribution in [2.24, 2.45) is 5.10 Å². The Balaban J connectivity index is 1.47. The van der Waals surface area contributed by atoms with Crippen molar-refractivity contribution < 1.29 is 14.2 Å². The maximum absolute atomic E-state index is 6.48. The highest BCUT2D eigenvalue weighted by Crippen LogP contribution is 2.48. The molecule has 0 aliphatic carbocycles. The number of rotatable bonds is 7.